The second-order valence-corrected chi connectivity index (χ2v) is 4.91. The summed E-state index contributed by atoms with van der Waals surface area (Å²) in [7, 11) is 1.76. The third-order valence-electron chi connectivity index (χ3n) is 2.73. The molecule has 0 radical (unpaired) electrons. The van der Waals surface area contributed by atoms with Crippen LogP contribution in [0.5, 0.6) is 0 Å². The summed E-state index contributed by atoms with van der Waals surface area (Å²) in [5.74, 6) is -0.101. The van der Waals surface area contributed by atoms with Crippen molar-refractivity contribution in [1.82, 2.24) is 9.78 Å². The van der Waals surface area contributed by atoms with Crippen molar-refractivity contribution >= 4 is 35.1 Å². The van der Waals surface area contributed by atoms with Gasteiger partial charge in [-0.3, -0.25) is 9.48 Å². The first-order valence-corrected chi connectivity index (χ1v) is 6.41. The average Bonchev–Trinajstić information content (AvgIpc) is 2.62. The van der Waals surface area contributed by atoms with Gasteiger partial charge >= 0.3 is 0 Å². The maximum atomic E-state index is 12.0. The van der Waals surface area contributed by atoms with E-state index in [-0.39, 0.29) is 5.78 Å². The van der Waals surface area contributed by atoms with Gasteiger partial charge in [0.15, 0.2) is 5.78 Å². The highest BCUT2D eigenvalue weighted by molar-refractivity contribution is 6.31. The Labute approximate surface area is 121 Å². The topological polar surface area (TPSA) is 34.9 Å². The summed E-state index contributed by atoms with van der Waals surface area (Å²) in [5, 5.41) is 5.29. The second-order valence-electron chi connectivity index (χ2n) is 4.12. The van der Waals surface area contributed by atoms with Gasteiger partial charge in [0.05, 0.1) is 5.69 Å². The van der Waals surface area contributed by atoms with Crippen LogP contribution in [0.2, 0.25) is 10.2 Å². The van der Waals surface area contributed by atoms with E-state index in [4.69, 9.17) is 23.2 Å². The molecular formula is C14H12Cl2N2O. The van der Waals surface area contributed by atoms with Gasteiger partial charge in [-0.2, -0.15) is 5.10 Å². The van der Waals surface area contributed by atoms with Crippen LogP contribution in [-0.4, -0.2) is 15.6 Å². The van der Waals surface area contributed by atoms with E-state index in [1.807, 2.05) is 6.92 Å². The fraction of sp³-hybridized carbons (Fsp3) is 0.143. The molecule has 5 heteroatoms. The first-order valence-electron chi connectivity index (χ1n) is 5.66. The van der Waals surface area contributed by atoms with Crippen molar-refractivity contribution in [3.05, 3.63) is 57.3 Å². The van der Waals surface area contributed by atoms with Crippen LogP contribution in [0, 0.1) is 6.92 Å². The predicted octanol–water partition coefficient (Wildman–Crippen LogP) is 3.93. The van der Waals surface area contributed by atoms with Gasteiger partial charge in [0.1, 0.15) is 5.15 Å². The highest BCUT2D eigenvalue weighted by Crippen LogP contribution is 2.20. The predicted molar refractivity (Wildman–Crippen MR) is 77.8 cm³/mol. The molecule has 1 aromatic carbocycles. The maximum Gasteiger partial charge on any atom is 0.185 e. The Bertz CT molecular complexity index is 642. The van der Waals surface area contributed by atoms with Crippen molar-refractivity contribution in [3.8, 4) is 0 Å². The van der Waals surface area contributed by atoms with Crippen LogP contribution in [0.4, 0.5) is 0 Å². The van der Waals surface area contributed by atoms with E-state index in [1.165, 1.54) is 6.08 Å². The van der Waals surface area contributed by atoms with Crippen LogP contribution in [0.3, 0.4) is 0 Å². The van der Waals surface area contributed by atoms with E-state index < -0.39 is 0 Å². The van der Waals surface area contributed by atoms with Crippen molar-refractivity contribution in [2.45, 2.75) is 6.92 Å². The van der Waals surface area contributed by atoms with Crippen molar-refractivity contribution in [2.24, 2.45) is 7.05 Å². The van der Waals surface area contributed by atoms with Gasteiger partial charge in [0.25, 0.3) is 0 Å². The fourth-order valence-electron chi connectivity index (χ4n) is 1.71. The summed E-state index contributed by atoms with van der Waals surface area (Å²) < 4.78 is 1.57. The lowest BCUT2D eigenvalue weighted by Crippen LogP contribution is -1.93. The summed E-state index contributed by atoms with van der Waals surface area (Å²) in [6.45, 7) is 1.85. The van der Waals surface area contributed by atoms with Gasteiger partial charge in [-0.05, 0) is 43.3 Å². The molecule has 98 valence electrons. The number of benzene rings is 1. The zero-order valence-electron chi connectivity index (χ0n) is 10.5. The molecule has 0 fully saturated rings. The average molecular weight is 295 g/mol. The number of allylic oxidation sites excluding steroid dienone is 1. The number of aryl methyl sites for hydroxylation is 2. The Morgan fingerprint density at radius 1 is 1.26 bits per heavy atom. The van der Waals surface area contributed by atoms with Gasteiger partial charge in [0, 0.05) is 23.2 Å². The molecule has 0 saturated heterocycles. The lowest BCUT2D eigenvalue weighted by molar-refractivity contribution is 0.104. The SMILES string of the molecule is Cc1nn(C)c(Cl)c1C=CC(=O)c1ccc(Cl)cc1. The zero-order chi connectivity index (χ0) is 14.0. The Hall–Kier alpha value is -1.58. The summed E-state index contributed by atoms with van der Waals surface area (Å²) >= 11 is 11.9. The van der Waals surface area contributed by atoms with E-state index in [0.29, 0.717) is 15.7 Å². The number of nitrogens with zero attached hydrogens (tertiary/aromatic N) is 2. The second kappa shape index (κ2) is 5.59. The molecule has 0 N–H and O–H groups in total. The number of hydrogen-bond acceptors (Lipinski definition) is 2. The molecule has 19 heavy (non-hydrogen) atoms. The molecule has 2 aromatic rings. The minimum Gasteiger partial charge on any atom is -0.289 e. The quantitative estimate of drug-likeness (QED) is 0.635. The van der Waals surface area contributed by atoms with Crippen molar-refractivity contribution in [2.75, 3.05) is 0 Å². The van der Waals surface area contributed by atoms with E-state index in [9.17, 15) is 4.79 Å². The number of carbonyl (C=O) groups is 1. The molecule has 0 spiro atoms. The minimum atomic E-state index is -0.101. The number of hydrogen-bond donors (Lipinski definition) is 0. The smallest absolute Gasteiger partial charge is 0.185 e. The number of rotatable bonds is 3. The van der Waals surface area contributed by atoms with Gasteiger partial charge in [-0.25, -0.2) is 0 Å². The normalized spacial score (nSPS) is 11.2. The Kier molecular flexibility index (Phi) is 4.08. The number of carbonyl (C=O) groups excluding carboxylic acids is 1. The number of ketones is 1. The molecule has 0 aliphatic carbocycles. The van der Waals surface area contributed by atoms with E-state index in [0.717, 1.165) is 11.3 Å². The van der Waals surface area contributed by atoms with Crippen LogP contribution < -0.4 is 0 Å². The van der Waals surface area contributed by atoms with Crippen LogP contribution in [0.25, 0.3) is 6.08 Å². The van der Waals surface area contributed by atoms with E-state index in [2.05, 4.69) is 5.10 Å². The molecule has 3 nitrogen and oxygen atoms in total. The molecule has 1 heterocycles. The molecular weight excluding hydrogens is 283 g/mol. The lowest BCUT2D eigenvalue weighted by atomic mass is 10.1. The van der Waals surface area contributed by atoms with Gasteiger partial charge in [0.2, 0.25) is 0 Å². The lowest BCUT2D eigenvalue weighted by Gasteiger charge is -1.96. The molecule has 0 unspecified atom stereocenters. The molecule has 0 aliphatic heterocycles. The maximum absolute atomic E-state index is 12.0. The standard InChI is InChI=1S/C14H12Cl2N2O/c1-9-12(14(16)18(2)17-9)7-8-13(19)10-3-5-11(15)6-4-10/h3-8H,1-2H3. The van der Waals surface area contributed by atoms with Gasteiger partial charge < -0.3 is 0 Å². The van der Waals surface area contributed by atoms with Crippen LogP contribution in [-0.2, 0) is 7.05 Å². The molecule has 1 aromatic heterocycles. The monoisotopic (exact) mass is 294 g/mol. The summed E-state index contributed by atoms with van der Waals surface area (Å²) in [6.07, 6.45) is 3.17. The van der Waals surface area contributed by atoms with Crippen LogP contribution in [0.1, 0.15) is 21.6 Å². The first-order chi connectivity index (χ1) is 8.99. The first kappa shape index (κ1) is 13.8. The third kappa shape index (κ3) is 3.06. The highest BCUT2D eigenvalue weighted by Gasteiger charge is 2.09. The number of aromatic nitrogens is 2. The summed E-state index contributed by atoms with van der Waals surface area (Å²) in [5.41, 5.74) is 2.12. The summed E-state index contributed by atoms with van der Waals surface area (Å²) in [4.78, 5) is 12.0. The summed E-state index contributed by atoms with van der Waals surface area (Å²) in [6, 6.07) is 6.75. The molecule has 0 aliphatic rings. The Balaban J connectivity index is 2.23. The van der Waals surface area contributed by atoms with Crippen molar-refractivity contribution in [1.29, 1.82) is 0 Å². The largest absolute Gasteiger partial charge is 0.289 e. The van der Waals surface area contributed by atoms with Crippen LogP contribution in [0.15, 0.2) is 30.3 Å². The fourth-order valence-corrected chi connectivity index (χ4v) is 2.07. The molecule has 2 rings (SSSR count). The van der Waals surface area contributed by atoms with Gasteiger partial charge in [-0.15, -0.1) is 0 Å². The molecule has 0 saturated carbocycles. The molecule has 0 amide bonds. The van der Waals surface area contributed by atoms with Crippen molar-refractivity contribution < 1.29 is 4.79 Å². The minimum absolute atomic E-state index is 0.101. The Morgan fingerprint density at radius 3 is 2.42 bits per heavy atom. The van der Waals surface area contributed by atoms with Crippen molar-refractivity contribution in [3.63, 3.8) is 0 Å². The van der Waals surface area contributed by atoms with E-state index in [1.54, 1.807) is 42.1 Å². The van der Waals surface area contributed by atoms with Crippen LogP contribution >= 0.6 is 23.2 Å². The zero-order valence-corrected chi connectivity index (χ0v) is 12.0. The molecule has 0 bridgehead atoms. The van der Waals surface area contributed by atoms with E-state index >= 15 is 0 Å². The number of halogens is 2. The third-order valence-corrected chi connectivity index (χ3v) is 3.43. The van der Waals surface area contributed by atoms with Gasteiger partial charge in [-0.1, -0.05) is 23.2 Å². The molecule has 0 atom stereocenters. The Morgan fingerprint density at radius 2 is 1.89 bits per heavy atom. The highest BCUT2D eigenvalue weighted by atomic mass is 35.5.